The van der Waals surface area contributed by atoms with Crippen molar-refractivity contribution in [3.05, 3.63) is 41.7 Å². The Hall–Kier alpha value is -2.34. The molecule has 0 unspecified atom stereocenters. The van der Waals surface area contributed by atoms with Crippen LogP contribution >= 0.6 is 0 Å². The van der Waals surface area contributed by atoms with E-state index in [4.69, 9.17) is 0 Å². The minimum absolute atomic E-state index is 0.0997. The van der Waals surface area contributed by atoms with Crippen LogP contribution in [0.15, 0.2) is 45.6 Å². The van der Waals surface area contributed by atoms with Gasteiger partial charge in [0, 0.05) is 25.6 Å². The minimum atomic E-state index is -4.65. The normalized spacial score (nSPS) is 16.2. The summed E-state index contributed by atoms with van der Waals surface area (Å²) in [6.45, 7) is 0.0997. The van der Waals surface area contributed by atoms with Crippen molar-refractivity contribution in [3.8, 4) is 0 Å². The summed E-state index contributed by atoms with van der Waals surface area (Å²) < 4.78 is 67.1. The first kappa shape index (κ1) is 17.5. The van der Waals surface area contributed by atoms with E-state index in [1.165, 1.54) is 10.9 Å². The van der Waals surface area contributed by atoms with Crippen molar-refractivity contribution in [1.82, 2.24) is 19.7 Å². The largest absolute Gasteiger partial charge is 0.442 e. The van der Waals surface area contributed by atoms with Crippen molar-refractivity contribution in [3.63, 3.8) is 0 Å². The van der Waals surface area contributed by atoms with E-state index in [1.54, 1.807) is 7.05 Å². The summed E-state index contributed by atoms with van der Waals surface area (Å²) in [5.41, 5.74) is -2.04. The molecule has 0 aliphatic carbocycles. The molecule has 0 saturated heterocycles. The molecule has 0 atom stereocenters. The minimum Gasteiger partial charge on any atom is -0.252 e. The van der Waals surface area contributed by atoms with Crippen LogP contribution in [0.25, 0.3) is 0 Å². The monoisotopic (exact) mass is 374 g/mol. The van der Waals surface area contributed by atoms with Gasteiger partial charge in [-0.25, -0.2) is 13.1 Å². The molecule has 0 fully saturated rings. The number of aryl methyl sites for hydroxylation is 1. The van der Waals surface area contributed by atoms with E-state index in [9.17, 15) is 21.6 Å². The fourth-order valence-corrected chi connectivity index (χ4v) is 3.27. The molecule has 8 nitrogen and oxygen atoms in total. The Morgan fingerprint density at radius 1 is 1.20 bits per heavy atom. The first-order chi connectivity index (χ1) is 11.7. The van der Waals surface area contributed by atoms with Crippen LogP contribution in [0, 0.1) is 0 Å². The molecule has 2 heterocycles. The second-order valence-electron chi connectivity index (χ2n) is 5.39. The molecule has 0 amide bonds. The van der Waals surface area contributed by atoms with E-state index in [0.29, 0.717) is 6.42 Å². The molecule has 12 heteroatoms. The number of nitrogens with one attached hydrogen (secondary N) is 1. The molecule has 2 aromatic rings. The number of rotatable bonds is 6. The number of sulfonamides is 1. The van der Waals surface area contributed by atoms with Crippen LogP contribution < -0.4 is 4.72 Å². The van der Waals surface area contributed by atoms with Crippen LogP contribution in [0.4, 0.5) is 13.2 Å². The maximum absolute atomic E-state index is 12.9. The quantitative estimate of drug-likeness (QED) is 0.828. The molecule has 1 aromatic carbocycles. The van der Waals surface area contributed by atoms with Crippen LogP contribution in [0.3, 0.4) is 0 Å². The Morgan fingerprint density at radius 3 is 2.32 bits per heavy atom. The number of hydrogen-bond acceptors (Lipinski definition) is 6. The standard InChI is InChI=1S/C13H13F3N6O2S/c1-22-10(8-17-21-22)6-7-18-25(23,24)11-4-2-9(3-5-11)12(19-20-12)13(14,15)16/h2-5,8,18H,6-7H2,1H3. The number of aromatic nitrogens is 3. The lowest BCUT2D eigenvalue weighted by Gasteiger charge is -2.15. The molecule has 1 aromatic heterocycles. The van der Waals surface area contributed by atoms with Crippen LogP contribution in [-0.2, 0) is 29.2 Å². The predicted molar refractivity (Wildman–Crippen MR) is 78.9 cm³/mol. The summed E-state index contributed by atoms with van der Waals surface area (Å²) in [6.07, 6.45) is -2.76. The van der Waals surface area contributed by atoms with Gasteiger partial charge < -0.3 is 0 Å². The molecule has 0 bridgehead atoms. The van der Waals surface area contributed by atoms with Gasteiger partial charge in [0.05, 0.1) is 16.8 Å². The Balaban J connectivity index is 1.68. The summed E-state index contributed by atoms with van der Waals surface area (Å²) in [5.74, 6) is 0. The van der Waals surface area contributed by atoms with E-state index in [0.717, 1.165) is 30.0 Å². The van der Waals surface area contributed by atoms with Crippen molar-refractivity contribution < 1.29 is 21.6 Å². The highest BCUT2D eigenvalue weighted by atomic mass is 32.2. The van der Waals surface area contributed by atoms with Crippen molar-refractivity contribution in [2.45, 2.75) is 23.2 Å². The third-order valence-electron chi connectivity index (χ3n) is 3.74. The lowest BCUT2D eigenvalue weighted by atomic mass is 10.0. The van der Waals surface area contributed by atoms with Gasteiger partial charge in [0.15, 0.2) is 0 Å². The molecule has 0 spiro atoms. The highest BCUT2D eigenvalue weighted by molar-refractivity contribution is 7.89. The molecular weight excluding hydrogens is 361 g/mol. The van der Waals surface area contributed by atoms with Crippen molar-refractivity contribution in [2.24, 2.45) is 17.3 Å². The van der Waals surface area contributed by atoms with Gasteiger partial charge in [-0.3, -0.25) is 4.68 Å². The zero-order chi connectivity index (χ0) is 18.3. The second kappa shape index (κ2) is 5.88. The zero-order valence-corrected chi connectivity index (χ0v) is 13.7. The topological polar surface area (TPSA) is 102 Å². The number of nitrogens with zero attached hydrogens (tertiary/aromatic N) is 5. The first-order valence-corrected chi connectivity index (χ1v) is 8.59. The average Bonchev–Trinajstić information content (AvgIpc) is 3.27. The maximum atomic E-state index is 12.9. The zero-order valence-electron chi connectivity index (χ0n) is 12.9. The molecule has 3 rings (SSSR count). The summed E-state index contributed by atoms with van der Waals surface area (Å²) in [4.78, 5) is -0.141. The number of hydrogen-bond donors (Lipinski definition) is 1. The molecular formula is C13H13F3N6O2S. The van der Waals surface area contributed by atoms with Crippen LogP contribution in [0.2, 0.25) is 0 Å². The third kappa shape index (κ3) is 3.26. The molecule has 0 radical (unpaired) electrons. The van der Waals surface area contributed by atoms with Crippen molar-refractivity contribution >= 4 is 10.0 Å². The van der Waals surface area contributed by atoms with Crippen molar-refractivity contribution in [1.29, 1.82) is 0 Å². The van der Waals surface area contributed by atoms with Crippen LogP contribution in [0.5, 0.6) is 0 Å². The third-order valence-corrected chi connectivity index (χ3v) is 5.22. The number of alkyl halides is 3. The van der Waals surface area contributed by atoms with Gasteiger partial charge in [0.1, 0.15) is 0 Å². The highest BCUT2D eigenvalue weighted by Crippen LogP contribution is 2.52. The number of halogens is 3. The molecule has 1 aliphatic heterocycles. The van der Waals surface area contributed by atoms with E-state index in [-0.39, 0.29) is 17.0 Å². The maximum Gasteiger partial charge on any atom is 0.442 e. The summed E-state index contributed by atoms with van der Waals surface area (Å²) >= 11 is 0. The number of benzene rings is 1. The van der Waals surface area contributed by atoms with Gasteiger partial charge in [-0.2, -0.15) is 13.2 Å². The van der Waals surface area contributed by atoms with Gasteiger partial charge in [0.25, 0.3) is 0 Å². The summed E-state index contributed by atoms with van der Waals surface area (Å²) in [7, 11) is -2.17. The Kier molecular flexibility index (Phi) is 4.11. The molecule has 0 saturated carbocycles. The van der Waals surface area contributed by atoms with E-state index in [1.807, 2.05) is 0 Å². The molecule has 134 valence electrons. The Labute approximate surface area is 140 Å². The van der Waals surface area contributed by atoms with Crippen LogP contribution in [-0.4, -0.2) is 36.1 Å². The van der Waals surface area contributed by atoms with Crippen molar-refractivity contribution in [2.75, 3.05) is 6.54 Å². The van der Waals surface area contributed by atoms with Crippen LogP contribution in [0.1, 0.15) is 11.3 Å². The van der Waals surface area contributed by atoms with Gasteiger partial charge in [-0.15, -0.1) is 15.3 Å². The second-order valence-corrected chi connectivity index (χ2v) is 7.16. The fourth-order valence-electron chi connectivity index (χ4n) is 2.24. The highest BCUT2D eigenvalue weighted by Gasteiger charge is 2.65. The SMILES string of the molecule is Cn1nncc1CCNS(=O)(=O)c1ccc(C2(C(F)(F)F)N=N2)cc1. The van der Waals surface area contributed by atoms with E-state index in [2.05, 4.69) is 25.3 Å². The van der Waals surface area contributed by atoms with Gasteiger partial charge in [-0.1, -0.05) is 17.3 Å². The smallest absolute Gasteiger partial charge is 0.252 e. The fraction of sp³-hybridized carbons (Fsp3) is 0.385. The predicted octanol–water partition coefficient (Wildman–Crippen LogP) is 1.52. The lowest BCUT2D eigenvalue weighted by molar-refractivity contribution is -0.166. The van der Waals surface area contributed by atoms with Gasteiger partial charge in [-0.05, 0) is 12.1 Å². The lowest BCUT2D eigenvalue weighted by Crippen LogP contribution is -2.30. The average molecular weight is 374 g/mol. The van der Waals surface area contributed by atoms with E-state index >= 15 is 0 Å². The molecule has 1 N–H and O–H groups in total. The van der Waals surface area contributed by atoms with Gasteiger partial charge in [0.2, 0.25) is 10.0 Å². The molecule has 25 heavy (non-hydrogen) atoms. The van der Waals surface area contributed by atoms with Gasteiger partial charge >= 0.3 is 11.8 Å². The summed E-state index contributed by atoms with van der Waals surface area (Å²) in [6, 6.07) is 4.32. The Bertz CT molecular complexity index is 899. The Morgan fingerprint density at radius 2 is 1.84 bits per heavy atom. The van der Waals surface area contributed by atoms with E-state index < -0.39 is 21.9 Å². The summed E-state index contributed by atoms with van der Waals surface area (Å²) in [5, 5.41) is 13.6. The molecule has 1 aliphatic rings. The first-order valence-electron chi connectivity index (χ1n) is 7.10.